The number of thiazole rings is 1. The lowest BCUT2D eigenvalue weighted by Crippen LogP contribution is -2.41. The van der Waals surface area contributed by atoms with Crippen molar-refractivity contribution in [2.75, 3.05) is 0 Å². The first-order chi connectivity index (χ1) is 11.7. The monoisotopic (exact) mass is 361 g/mol. The number of carbonyl (C=O) groups excluding carboxylic acids is 1. The number of pyridine rings is 1. The van der Waals surface area contributed by atoms with E-state index in [9.17, 15) is 9.90 Å². The van der Waals surface area contributed by atoms with Crippen molar-refractivity contribution in [3.63, 3.8) is 0 Å². The highest BCUT2D eigenvalue weighted by Crippen LogP contribution is 2.32. The zero-order valence-electron chi connectivity index (χ0n) is 15.4. The molecule has 0 aromatic carbocycles. The van der Waals surface area contributed by atoms with Crippen molar-refractivity contribution < 1.29 is 9.90 Å². The minimum Gasteiger partial charge on any atom is -0.390 e. The SMILES string of the molecule is CC(C)c1nc2ncc(C(=O)N[C@H]3CC[C@H](C(C)(C)O)CC3)cc2s1. The van der Waals surface area contributed by atoms with Gasteiger partial charge < -0.3 is 10.4 Å². The van der Waals surface area contributed by atoms with E-state index in [4.69, 9.17) is 0 Å². The third-order valence-electron chi connectivity index (χ3n) is 5.08. The number of carbonyl (C=O) groups is 1. The highest BCUT2D eigenvalue weighted by molar-refractivity contribution is 7.18. The number of nitrogens with zero attached hydrogens (tertiary/aromatic N) is 2. The highest BCUT2D eigenvalue weighted by atomic mass is 32.1. The van der Waals surface area contributed by atoms with Crippen LogP contribution >= 0.6 is 11.3 Å². The summed E-state index contributed by atoms with van der Waals surface area (Å²) in [6.45, 7) is 7.96. The molecule has 3 rings (SSSR count). The van der Waals surface area contributed by atoms with Gasteiger partial charge in [-0.2, -0.15) is 0 Å². The number of aromatic nitrogens is 2. The average molecular weight is 362 g/mol. The molecule has 1 saturated carbocycles. The molecule has 2 aromatic rings. The fourth-order valence-electron chi connectivity index (χ4n) is 3.42. The maximum Gasteiger partial charge on any atom is 0.253 e. The van der Waals surface area contributed by atoms with Gasteiger partial charge in [0.25, 0.3) is 5.91 Å². The van der Waals surface area contributed by atoms with Gasteiger partial charge in [-0.25, -0.2) is 9.97 Å². The summed E-state index contributed by atoms with van der Waals surface area (Å²) in [6, 6.07) is 2.07. The van der Waals surface area contributed by atoms with Crippen LogP contribution in [0.3, 0.4) is 0 Å². The molecular weight excluding hydrogens is 334 g/mol. The van der Waals surface area contributed by atoms with Crippen molar-refractivity contribution in [1.29, 1.82) is 0 Å². The Hall–Kier alpha value is -1.53. The molecule has 1 aliphatic rings. The van der Waals surface area contributed by atoms with Crippen molar-refractivity contribution in [1.82, 2.24) is 15.3 Å². The van der Waals surface area contributed by atoms with Crippen LogP contribution in [-0.2, 0) is 0 Å². The average Bonchev–Trinajstić information content (AvgIpc) is 2.98. The van der Waals surface area contributed by atoms with E-state index in [1.54, 1.807) is 17.5 Å². The Bertz CT molecular complexity index is 756. The molecule has 0 atom stereocenters. The van der Waals surface area contributed by atoms with Crippen LogP contribution in [0.4, 0.5) is 0 Å². The Kier molecular flexibility index (Phi) is 5.11. The number of hydrogen-bond donors (Lipinski definition) is 2. The molecule has 0 aliphatic heterocycles. The van der Waals surface area contributed by atoms with Crippen LogP contribution < -0.4 is 5.32 Å². The predicted molar refractivity (Wildman–Crippen MR) is 101 cm³/mol. The third kappa shape index (κ3) is 4.18. The fourth-order valence-corrected chi connectivity index (χ4v) is 4.39. The molecule has 136 valence electrons. The van der Waals surface area contributed by atoms with Crippen LogP contribution in [-0.4, -0.2) is 32.6 Å². The minimum absolute atomic E-state index is 0.0689. The molecule has 0 bridgehead atoms. The van der Waals surface area contributed by atoms with E-state index in [1.165, 1.54) is 0 Å². The minimum atomic E-state index is -0.635. The van der Waals surface area contributed by atoms with Crippen LogP contribution in [0, 0.1) is 5.92 Å². The third-order valence-corrected chi connectivity index (χ3v) is 6.37. The second-order valence-corrected chi connectivity index (χ2v) is 8.99. The molecule has 0 spiro atoms. The standard InChI is InChI=1S/C19H27N3O2S/c1-11(2)18-22-16-15(25-18)9-12(10-20-16)17(23)21-14-7-5-13(6-8-14)19(3,4)24/h9-11,13-14,24H,5-8H2,1-4H3,(H,21,23)/t13-,14-. The Morgan fingerprint density at radius 3 is 2.60 bits per heavy atom. The zero-order valence-corrected chi connectivity index (χ0v) is 16.2. The van der Waals surface area contributed by atoms with Crippen LogP contribution in [0.1, 0.15) is 74.7 Å². The van der Waals surface area contributed by atoms with Gasteiger partial charge in [0.15, 0.2) is 5.65 Å². The molecule has 2 N–H and O–H groups in total. The number of amides is 1. The number of fused-ring (bicyclic) bond motifs is 1. The summed E-state index contributed by atoms with van der Waals surface area (Å²) in [7, 11) is 0. The molecule has 25 heavy (non-hydrogen) atoms. The van der Waals surface area contributed by atoms with Crippen molar-refractivity contribution >= 4 is 27.6 Å². The number of nitrogens with one attached hydrogen (secondary N) is 1. The summed E-state index contributed by atoms with van der Waals surface area (Å²) in [6.07, 6.45) is 5.32. The second kappa shape index (κ2) is 7.00. The van der Waals surface area contributed by atoms with E-state index in [0.717, 1.165) is 41.0 Å². The van der Waals surface area contributed by atoms with Crippen molar-refractivity contribution in [2.24, 2.45) is 5.92 Å². The Labute approximate surface area is 152 Å². The maximum absolute atomic E-state index is 12.6. The summed E-state index contributed by atoms with van der Waals surface area (Å²) in [5.74, 6) is 0.605. The normalized spacial score (nSPS) is 21.7. The van der Waals surface area contributed by atoms with Crippen LogP contribution in [0.25, 0.3) is 10.3 Å². The molecule has 2 heterocycles. The Morgan fingerprint density at radius 2 is 2.00 bits per heavy atom. The lowest BCUT2D eigenvalue weighted by Gasteiger charge is -2.36. The summed E-state index contributed by atoms with van der Waals surface area (Å²) in [5.41, 5.74) is 0.677. The molecule has 1 amide bonds. The smallest absolute Gasteiger partial charge is 0.253 e. The summed E-state index contributed by atoms with van der Waals surface area (Å²) < 4.78 is 0.960. The molecule has 6 heteroatoms. The van der Waals surface area contributed by atoms with Gasteiger partial charge in [0, 0.05) is 18.2 Å². The van der Waals surface area contributed by atoms with Gasteiger partial charge in [-0.15, -0.1) is 11.3 Å². The topological polar surface area (TPSA) is 75.1 Å². The van der Waals surface area contributed by atoms with Crippen molar-refractivity contribution in [3.05, 3.63) is 22.8 Å². The predicted octanol–water partition coefficient (Wildman–Crippen LogP) is 3.87. The Balaban J connectivity index is 1.65. The van der Waals surface area contributed by atoms with E-state index < -0.39 is 5.60 Å². The van der Waals surface area contributed by atoms with Crippen molar-refractivity contribution in [2.45, 2.75) is 70.9 Å². The summed E-state index contributed by atoms with van der Waals surface area (Å²) >= 11 is 1.60. The molecule has 1 aliphatic carbocycles. The Morgan fingerprint density at radius 1 is 1.32 bits per heavy atom. The van der Waals surface area contributed by atoms with E-state index >= 15 is 0 Å². The zero-order chi connectivity index (χ0) is 18.2. The van der Waals surface area contributed by atoms with E-state index in [-0.39, 0.29) is 11.9 Å². The quantitative estimate of drug-likeness (QED) is 0.867. The van der Waals surface area contributed by atoms with Crippen LogP contribution in [0.2, 0.25) is 0 Å². The van der Waals surface area contributed by atoms with Gasteiger partial charge >= 0.3 is 0 Å². The maximum atomic E-state index is 12.6. The number of rotatable bonds is 4. The molecular formula is C19H27N3O2S. The first kappa shape index (κ1) is 18.3. The summed E-state index contributed by atoms with van der Waals surface area (Å²) in [5, 5.41) is 14.3. The van der Waals surface area contributed by atoms with Gasteiger partial charge in [-0.1, -0.05) is 13.8 Å². The second-order valence-electron chi connectivity index (χ2n) is 7.93. The van der Waals surface area contributed by atoms with Gasteiger partial charge in [-0.3, -0.25) is 4.79 Å². The van der Waals surface area contributed by atoms with Gasteiger partial charge in [0.05, 0.1) is 20.9 Å². The summed E-state index contributed by atoms with van der Waals surface area (Å²) in [4.78, 5) is 21.4. The van der Waals surface area contributed by atoms with Crippen LogP contribution in [0.5, 0.6) is 0 Å². The first-order valence-corrected chi connectivity index (χ1v) is 9.85. The lowest BCUT2D eigenvalue weighted by atomic mass is 9.77. The molecule has 2 aromatic heterocycles. The molecule has 0 saturated heterocycles. The van der Waals surface area contributed by atoms with Crippen LogP contribution in [0.15, 0.2) is 12.3 Å². The molecule has 5 nitrogen and oxygen atoms in total. The van der Waals surface area contributed by atoms with Crippen molar-refractivity contribution in [3.8, 4) is 0 Å². The van der Waals surface area contributed by atoms with Gasteiger partial charge in [-0.05, 0) is 51.5 Å². The first-order valence-electron chi connectivity index (χ1n) is 9.03. The highest BCUT2D eigenvalue weighted by Gasteiger charge is 2.31. The van der Waals surface area contributed by atoms with E-state index in [0.29, 0.717) is 17.4 Å². The number of hydrogen-bond acceptors (Lipinski definition) is 5. The number of aliphatic hydroxyl groups is 1. The fraction of sp³-hybridized carbons (Fsp3) is 0.632. The van der Waals surface area contributed by atoms with Gasteiger partial charge in [0.2, 0.25) is 0 Å². The molecule has 1 fully saturated rings. The largest absolute Gasteiger partial charge is 0.390 e. The molecule has 0 radical (unpaired) electrons. The lowest BCUT2D eigenvalue weighted by molar-refractivity contribution is -0.00257. The molecule has 0 unspecified atom stereocenters. The van der Waals surface area contributed by atoms with E-state index in [1.807, 2.05) is 19.9 Å². The van der Waals surface area contributed by atoms with E-state index in [2.05, 4.69) is 29.1 Å². The van der Waals surface area contributed by atoms with Gasteiger partial charge in [0.1, 0.15) is 0 Å².